The number of furan rings is 1. The summed E-state index contributed by atoms with van der Waals surface area (Å²) in [4.78, 5) is 6.10. The Balaban J connectivity index is 2.05. The zero-order valence-electron chi connectivity index (χ0n) is 12.0. The largest absolute Gasteiger partial charge is 0.456 e. The molecule has 1 aliphatic heterocycles. The first-order valence-corrected chi connectivity index (χ1v) is 6.95. The molecule has 0 unspecified atom stereocenters. The van der Waals surface area contributed by atoms with E-state index in [4.69, 9.17) is 9.83 Å². The molecular weight excluding hydrogens is 262 g/mol. The summed E-state index contributed by atoms with van der Waals surface area (Å²) < 4.78 is 6.04. The van der Waals surface area contributed by atoms with Crippen LogP contribution in [0.2, 0.25) is 0 Å². The second-order valence-electron chi connectivity index (χ2n) is 5.27. The van der Waals surface area contributed by atoms with Crippen molar-refractivity contribution in [2.45, 2.75) is 13.3 Å². The highest BCUT2D eigenvalue weighted by molar-refractivity contribution is 6.23. The van der Waals surface area contributed by atoms with E-state index in [1.165, 1.54) is 0 Å². The number of hydrogen-bond donors (Lipinski definition) is 1. The molecule has 2 aromatic carbocycles. The fraction of sp³-hybridized carbons (Fsp3) is 0.176. The highest BCUT2D eigenvalue weighted by Gasteiger charge is 2.29. The van der Waals surface area contributed by atoms with Crippen LogP contribution in [0.25, 0.3) is 21.9 Å². The quantitative estimate of drug-likeness (QED) is 0.499. The number of rotatable bonds is 0. The minimum absolute atomic E-state index is 0.543. The molecule has 0 atom stereocenters. The lowest BCUT2D eigenvalue weighted by molar-refractivity contribution is 0.665. The number of aliphatic imine (C=N–C) groups is 1. The lowest BCUT2D eigenvalue weighted by atomic mass is 10.1. The summed E-state index contributed by atoms with van der Waals surface area (Å²) >= 11 is 0. The van der Waals surface area contributed by atoms with Gasteiger partial charge in [-0.3, -0.25) is 15.3 Å². The molecule has 21 heavy (non-hydrogen) atoms. The van der Waals surface area contributed by atoms with Crippen molar-refractivity contribution in [1.82, 2.24) is 0 Å². The Kier molecular flexibility index (Phi) is 2.42. The normalized spacial score (nSPS) is 15.2. The molecule has 0 bridgehead atoms. The molecule has 1 aromatic heterocycles. The van der Waals surface area contributed by atoms with Gasteiger partial charge in [0.15, 0.2) is 0 Å². The van der Waals surface area contributed by atoms with Crippen LogP contribution in [-0.4, -0.2) is 18.7 Å². The van der Waals surface area contributed by atoms with Gasteiger partial charge in [0, 0.05) is 29.8 Å². The molecule has 0 saturated carbocycles. The third-order valence-electron chi connectivity index (χ3n) is 4.13. The molecule has 4 heteroatoms. The Morgan fingerprint density at radius 2 is 2.00 bits per heavy atom. The maximum absolute atomic E-state index is 8.24. The Morgan fingerprint density at radius 1 is 1.19 bits per heavy atom. The maximum Gasteiger partial charge on any atom is 0.141 e. The molecule has 1 N–H and O–H groups in total. The van der Waals surface area contributed by atoms with Crippen LogP contribution in [0.1, 0.15) is 12.5 Å². The van der Waals surface area contributed by atoms with Crippen LogP contribution >= 0.6 is 0 Å². The average molecular weight is 277 g/mol. The van der Waals surface area contributed by atoms with Gasteiger partial charge in [-0.25, -0.2) is 0 Å². The van der Waals surface area contributed by atoms with E-state index >= 15 is 0 Å². The van der Waals surface area contributed by atoms with Gasteiger partial charge in [0.05, 0.1) is 5.69 Å². The first-order valence-electron chi connectivity index (χ1n) is 6.95. The molecule has 0 amide bonds. The number of para-hydroxylation sites is 1. The van der Waals surface area contributed by atoms with Gasteiger partial charge >= 0.3 is 0 Å². The van der Waals surface area contributed by atoms with Crippen LogP contribution < -0.4 is 4.90 Å². The van der Waals surface area contributed by atoms with Crippen LogP contribution in [0.15, 0.2) is 45.8 Å². The van der Waals surface area contributed by atoms with E-state index in [1.807, 2.05) is 30.0 Å². The lowest BCUT2D eigenvalue weighted by Gasteiger charge is -2.18. The number of nitrogens with one attached hydrogen (secondary N) is 1. The second-order valence-corrected chi connectivity index (χ2v) is 5.27. The summed E-state index contributed by atoms with van der Waals surface area (Å²) in [6, 6.07) is 12.2. The van der Waals surface area contributed by atoms with Crippen molar-refractivity contribution >= 4 is 39.3 Å². The standard InChI is InChI=1S/C17H15N3O/c1-10(19-2)20-14-8-7-12-11-5-3-4-6-15(11)21-17(12)13(14)9-16(20)18/h3-8,18H,9H2,1-2H3/b18-16?,19-10+. The second kappa shape index (κ2) is 4.19. The van der Waals surface area contributed by atoms with E-state index < -0.39 is 0 Å². The molecule has 104 valence electrons. The smallest absolute Gasteiger partial charge is 0.141 e. The van der Waals surface area contributed by atoms with E-state index in [-0.39, 0.29) is 0 Å². The van der Waals surface area contributed by atoms with E-state index in [2.05, 4.69) is 23.2 Å². The van der Waals surface area contributed by atoms with Gasteiger partial charge in [-0.05, 0) is 25.1 Å². The highest BCUT2D eigenvalue weighted by Crippen LogP contribution is 2.39. The number of benzene rings is 2. The Bertz CT molecular complexity index is 920. The summed E-state index contributed by atoms with van der Waals surface area (Å²) in [5, 5.41) is 10.5. The van der Waals surface area contributed by atoms with Crippen LogP contribution in [0.5, 0.6) is 0 Å². The highest BCUT2D eigenvalue weighted by atomic mass is 16.3. The molecule has 2 heterocycles. The number of anilines is 1. The number of hydrogen-bond acceptors (Lipinski definition) is 3. The van der Waals surface area contributed by atoms with Crippen molar-refractivity contribution < 1.29 is 4.42 Å². The SMILES string of the molecule is C/N=C(\C)N1C(=N)Cc2c1ccc1c2oc2ccccc21. The molecule has 0 saturated heterocycles. The summed E-state index contributed by atoms with van der Waals surface area (Å²) in [5.41, 5.74) is 3.88. The first kappa shape index (κ1) is 12.1. The van der Waals surface area contributed by atoms with E-state index in [1.54, 1.807) is 7.05 Å². The summed E-state index contributed by atoms with van der Waals surface area (Å²) in [7, 11) is 1.75. The van der Waals surface area contributed by atoms with Crippen molar-refractivity contribution in [3.8, 4) is 0 Å². The number of amidine groups is 2. The minimum Gasteiger partial charge on any atom is -0.456 e. The van der Waals surface area contributed by atoms with Crippen LogP contribution in [0.4, 0.5) is 5.69 Å². The third-order valence-corrected chi connectivity index (χ3v) is 4.13. The molecule has 0 fully saturated rings. The Labute approximate surface area is 122 Å². The monoisotopic (exact) mass is 277 g/mol. The van der Waals surface area contributed by atoms with Gasteiger partial charge in [-0.15, -0.1) is 0 Å². The van der Waals surface area contributed by atoms with E-state index in [0.717, 1.165) is 39.0 Å². The van der Waals surface area contributed by atoms with Gasteiger partial charge < -0.3 is 4.42 Å². The molecule has 3 aromatic rings. The minimum atomic E-state index is 0.543. The number of fused-ring (bicyclic) bond motifs is 5. The van der Waals surface area contributed by atoms with Crippen molar-refractivity contribution in [3.63, 3.8) is 0 Å². The summed E-state index contributed by atoms with van der Waals surface area (Å²) in [6.45, 7) is 1.92. The van der Waals surface area contributed by atoms with Crippen molar-refractivity contribution in [2.24, 2.45) is 4.99 Å². The molecule has 4 rings (SSSR count). The predicted molar refractivity (Wildman–Crippen MR) is 86.7 cm³/mol. The van der Waals surface area contributed by atoms with Crippen molar-refractivity contribution in [2.75, 3.05) is 11.9 Å². The van der Waals surface area contributed by atoms with Gasteiger partial charge in [-0.1, -0.05) is 18.2 Å². The summed E-state index contributed by atoms with van der Waals surface area (Å²) in [5.74, 6) is 1.37. The zero-order valence-corrected chi connectivity index (χ0v) is 12.0. The number of nitrogens with zero attached hydrogens (tertiary/aromatic N) is 2. The van der Waals surface area contributed by atoms with Crippen LogP contribution in [0.3, 0.4) is 0 Å². The predicted octanol–water partition coefficient (Wildman–Crippen LogP) is 3.97. The fourth-order valence-corrected chi connectivity index (χ4v) is 3.08. The average Bonchev–Trinajstić information content (AvgIpc) is 3.03. The van der Waals surface area contributed by atoms with Gasteiger partial charge in [0.2, 0.25) is 0 Å². The lowest BCUT2D eigenvalue weighted by Crippen LogP contribution is -2.31. The van der Waals surface area contributed by atoms with Crippen LogP contribution in [-0.2, 0) is 6.42 Å². The molecule has 1 aliphatic rings. The molecule has 0 radical (unpaired) electrons. The molecule has 0 spiro atoms. The van der Waals surface area contributed by atoms with Crippen molar-refractivity contribution in [1.29, 1.82) is 5.41 Å². The van der Waals surface area contributed by atoms with E-state index in [0.29, 0.717) is 12.3 Å². The third kappa shape index (κ3) is 1.56. The van der Waals surface area contributed by atoms with Gasteiger partial charge in [0.1, 0.15) is 22.8 Å². The zero-order chi connectivity index (χ0) is 14.6. The fourth-order valence-electron chi connectivity index (χ4n) is 3.08. The van der Waals surface area contributed by atoms with E-state index in [9.17, 15) is 0 Å². The topological polar surface area (TPSA) is 52.6 Å². The van der Waals surface area contributed by atoms with Crippen molar-refractivity contribution in [3.05, 3.63) is 42.0 Å². The molecular formula is C17H15N3O. The molecule has 4 nitrogen and oxygen atoms in total. The first-order chi connectivity index (χ1) is 10.2. The maximum atomic E-state index is 8.24. The summed E-state index contributed by atoms with van der Waals surface area (Å²) in [6.07, 6.45) is 0.583. The van der Waals surface area contributed by atoms with Crippen LogP contribution in [0, 0.1) is 5.41 Å². The van der Waals surface area contributed by atoms with Gasteiger partial charge in [-0.2, -0.15) is 0 Å². The Morgan fingerprint density at radius 3 is 2.81 bits per heavy atom. The molecule has 0 aliphatic carbocycles. The Hall–Kier alpha value is -2.62. The van der Waals surface area contributed by atoms with Gasteiger partial charge in [0.25, 0.3) is 0 Å².